The van der Waals surface area contributed by atoms with Gasteiger partial charge in [-0.05, 0) is 36.4 Å². The number of nitrogens with one attached hydrogen (secondary N) is 2. The van der Waals surface area contributed by atoms with Gasteiger partial charge in [0, 0.05) is 66.4 Å². The first kappa shape index (κ1) is 25.2. The molecule has 0 radical (unpaired) electrons. The highest BCUT2D eigenvalue weighted by Crippen LogP contribution is 2.36. The predicted octanol–water partition coefficient (Wildman–Crippen LogP) is 3.10. The number of fused-ring (bicyclic) bond motifs is 1. The highest BCUT2D eigenvalue weighted by Gasteiger charge is 2.25. The van der Waals surface area contributed by atoms with Gasteiger partial charge in [0.2, 0.25) is 5.91 Å². The maximum absolute atomic E-state index is 15.0. The highest BCUT2D eigenvalue weighted by molar-refractivity contribution is 7.90. The minimum absolute atomic E-state index is 0.0613. The lowest BCUT2D eigenvalue weighted by Gasteiger charge is -2.26. The summed E-state index contributed by atoms with van der Waals surface area (Å²) in [5, 5.41) is 2.78. The maximum atomic E-state index is 15.0. The van der Waals surface area contributed by atoms with Crippen LogP contribution in [0.2, 0.25) is 0 Å². The second kappa shape index (κ2) is 9.45. The zero-order valence-electron chi connectivity index (χ0n) is 20.4. The van der Waals surface area contributed by atoms with Crippen LogP contribution in [0.1, 0.15) is 12.0 Å². The zero-order valence-corrected chi connectivity index (χ0v) is 21.3. The molecule has 0 aliphatic carbocycles. The molecule has 0 unspecified atom stereocenters. The molecule has 1 saturated heterocycles. The number of ether oxygens (including phenoxy) is 1. The molecule has 2 aromatic carbocycles. The minimum Gasteiger partial charge on any atom is -0.488 e. The standard InChI is InChI=1S/C26H23FN4O6S/c1-30-13-20(18-7-9-28-24(18)25(30)33)19-12-17(38(2,35)36)5-6-22(19)37-14-15-3-4-16(11-21(15)27)31-10-8-23(32)29-26(31)34/h3-7,9,11-13,28H,8,10,14H2,1-2H3,(H,29,32,34). The van der Waals surface area contributed by atoms with Crippen molar-refractivity contribution in [1.29, 1.82) is 0 Å². The summed E-state index contributed by atoms with van der Waals surface area (Å²) in [5.74, 6) is -0.711. The molecule has 196 valence electrons. The van der Waals surface area contributed by atoms with E-state index in [1.54, 1.807) is 31.6 Å². The Hall–Kier alpha value is -4.45. The van der Waals surface area contributed by atoms with Gasteiger partial charge in [0.25, 0.3) is 5.56 Å². The summed E-state index contributed by atoms with van der Waals surface area (Å²) in [7, 11) is -1.97. The molecule has 5 rings (SSSR count). The number of hydrogen-bond donors (Lipinski definition) is 2. The van der Waals surface area contributed by atoms with E-state index in [2.05, 4.69) is 10.3 Å². The number of H-pyrrole nitrogens is 1. The minimum atomic E-state index is -3.56. The van der Waals surface area contributed by atoms with E-state index in [9.17, 15) is 27.2 Å². The first-order chi connectivity index (χ1) is 18.0. The van der Waals surface area contributed by atoms with Crippen molar-refractivity contribution in [3.05, 3.63) is 76.6 Å². The quantitative estimate of drug-likeness (QED) is 0.388. The van der Waals surface area contributed by atoms with Crippen molar-refractivity contribution in [2.24, 2.45) is 7.05 Å². The second-order valence-corrected chi connectivity index (χ2v) is 11.0. The fourth-order valence-electron chi connectivity index (χ4n) is 4.35. The van der Waals surface area contributed by atoms with Gasteiger partial charge in [-0.15, -0.1) is 0 Å². The van der Waals surface area contributed by atoms with Gasteiger partial charge >= 0.3 is 6.03 Å². The number of imide groups is 1. The molecular formula is C26H23FN4O6S. The summed E-state index contributed by atoms with van der Waals surface area (Å²) in [4.78, 5) is 40.2. The van der Waals surface area contributed by atoms with Gasteiger partial charge in [-0.3, -0.25) is 19.8 Å². The Bertz CT molecular complexity index is 1780. The van der Waals surface area contributed by atoms with Crippen molar-refractivity contribution in [2.45, 2.75) is 17.9 Å². The Morgan fingerprint density at radius 2 is 1.84 bits per heavy atom. The lowest BCUT2D eigenvalue weighted by atomic mass is 10.0. The average molecular weight is 539 g/mol. The number of benzene rings is 2. The molecule has 12 heteroatoms. The Morgan fingerprint density at radius 1 is 1.05 bits per heavy atom. The molecule has 10 nitrogen and oxygen atoms in total. The smallest absolute Gasteiger partial charge is 0.328 e. The van der Waals surface area contributed by atoms with E-state index >= 15 is 0 Å². The Kier molecular flexibility index (Phi) is 6.27. The number of pyridine rings is 1. The van der Waals surface area contributed by atoms with E-state index in [4.69, 9.17) is 4.74 Å². The number of sulfone groups is 1. The molecule has 3 heterocycles. The van der Waals surface area contributed by atoms with Gasteiger partial charge in [0.05, 0.1) is 4.90 Å². The van der Waals surface area contributed by atoms with E-state index in [0.717, 1.165) is 6.26 Å². The SMILES string of the molecule is Cn1cc(-c2cc(S(C)(=O)=O)ccc2OCc2ccc(N3CCC(=O)NC3=O)cc2F)c2cc[nH]c2c1=O. The van der Waals surface area contributed by atoms with E-state index in [0.29, 0.717) is 27.7 Å². The lowest BCUT2D eigenvalue weighted by Crippen LogP contribution is -2.49. The van der Waals surface area contributed by atoms with E-state index in [1.165, 1.54) is 39.8 Å². The number of anilines is 1. The van der Waals surface area contributed by atoms with E-state index in [1.807, 2.05) is 0 Å². The van der Waals surface area contributed by atoms with Crippen LogP contribution in [0.25, 0.3) is 22.0 Å². The van der Waals surface area contributed by atoms with Gasteiger partial charge in [-0.2, -0.15) is 0 Å². The summed E-state index contributed by atoms with van der Waals surface area (Å²) in [6.45, 7) is -0.0484. The van der Waals surface area contributed by atoms with Gasteiger partial charge in [0.1, 0.15) is 23.7 Å². The molecule has 2 N–H and O–H groups in total. The van der Waals surface area contributed by atoms with Crippen molar-refractivity contribution in [1.82, 2.24) is 14.9 Å². The number of urea groups is 1. The Balaban J connectivity index is 1.50. The molecule has 0 atom stereocenters. The van der Waals surface area contributed by atoms with Crippen molar-refractivity contribution < 1.29 is 27.1 Å². The fraction of sp³-hybridized carbons (Fsp3) is 0.192. The average Bonchev–Trinajstić information content (AvgIpc) is 3.35. The summed E-state index contributed by atoms with van der Waals surface area (Å²) in [6, 6.07) is 9.69. The highest BCUT2D eigenvalue weighted by atomic mass is 32.2. The van der Waals surface area contributed by atoms with Crippen LogP contribution in [0.5, 0.6) is 5.75 Å². The third-order valence-corrected chi connectivity index (χ3v) is 7.46. The number of nitrogens with zero attached hydrogens (tertiary/aromatic N) is 2. The van der Waals surface area contributed by atoms with Crippen LogP contribution in [0.3, 0.4) is 0 Å². The molecule has 1 fully saturated rings. The summed E-state index contributed by atoms with van der Waals surface area (Å²) in [5.41, 5.74) is 1.59. The zero-order chi connectivity index (χ0) is 27.2. The third kappa shape index (κ3) is 4.65. The largest absolute Gasteiger partial charge is 0.488 e. The fourth-order valence-corrected chi connectivity index (χ4v) is 4.99. The molecule has 3 amide bonds. The van der Waals surface area contributed by atoms with Gasteiger partial charge in [0.15, 0.2) is 9.84 Å². The summed E-state index contributed by atoms with van der Waals surface area (Å²) in [6.07, 6.45) is 4.42. The first-order valence-electron chi connectivity index (χ1n) is 11.6. The molecule has 1 aliphatic rings. The van der Waals surface area contributed by atoms with Crippen LogP contribution < -0.4 is 20.5 Å². The Labute approximate surface area is 216 Å². The van der Waals surface area contributed by atoms with Crippen LogP contribution in [-0.4, -0.2) is 42.7 Å². The number of hydrogen-bond acceptors (Lipinski definition) is 6. The van der Waals surface area contributed by atoms with Gasteiger partial charge in [-0.1, -0.05) is 6.07 Å². The molecule has 0 saturated carbocycles. The number of rotatable bonds is 6. The number of aromatic amines is 1. The summed E-state index contributed by atoms with van der Waals surface area (Å²) >= 11 is 0. The van der Waals surface area contributed by atoms with Crippen molar-refractivity contribution in [3.63, 3.8) is 0 Å². The van der Waals surface area contributed by atoms with Crippen molar-refractivity contribution in [3.8, 4) is 16.9 Å². The number of aryl methyl sites for hydroxylation is 1. The molecule has 0 spiro atoms. The van der Waals surface area contributed by atoms with Crippen LogP contribution in [-0.2, 0) is 28.3 Å². The van der Waals surface area contributed by atoms with Crippen LogP contribution >= 0.6 is 0 Å². The van der Waals surface area contributed by atoms with E-state index in [-0.39, 0.29) is 47.2 Å². The molecule has 2 aromatic heterocycles. The molecular weight excluding hydrogens is 515 g/mol. The number of amides is 3. The number of aromatic nitrogens is 2. The molecule has 0 bridgehead atoms. The Morgan fingerprint density at radius 3 is 2.55 bits per heavy atom. The van der Waals surface area contributed by atoms with Gasteiger partial charge in [-0.25, -0.2) is 17.6 Å². The molecule has 1 aliphatic heterocycles. The normalized spacial score (nSPS) is 14.1. The molecule has 4 aromatic rings. The summed E-state index contributed by atoms with van der Waals surface area (Å²) < 4.78 is 46.9. The van der Waals surface area contributed by atoms with Crippen LogP contribution in [0.15, 0.2) is 64.5 Å². The topological polar surface area (TPSA) is 131 Å². The monoisotopic (exact) mass is 538 g/mol. The van der Waals surface area contributed by atoms with Crippen LogP contribution in [0.4, 0.5) is 14.9 Å². The molecule has 38 heavy (non-hydrogen) atoms. The number of halogens is 1. The maximum Gasteiger partial charge on any atom is 0.328 e. The third-order valence-electron chi connectivity index (χ3n) is 6.35. The van der Waals surface area contributed by atoms with Gasteiger partial charge < -0.3 is 14.3 Å². The van der Waals surface area contributed by atoms with Crippen molar-refractivity contribution >= 4 is 38.4 Å². The van der Waals surface area contributed by atoms with E-state index < -0.39 is 21.7 Å². The first-order valence-corrected chi connectivity index (χ1v) is 13.5. The number of carbonyl (C=O) groups is 2. The lowest BCUT2D eigenvalue weighted by molar-refractivity contribution is -0.120. The van der Waals surface area contributed by atoms with Crippen LogP contribution in [0, 0.1) is 5.82 Å². The van der Waals surface area contributed by atoms with Crippen molar-refractivity contribution in [2.75, 3.05) is 17.7 Å². The predicted molar refractivity (Wildman–Crippen MR) is 138 cm³/mol. The number of carbonyl (C=O) groups excluding carboxylic acids is 2. The second-order valence-electron chi connectivity index (χ2n) is 8.97.